The number of ether oxygens (including phenoxy) is 2. The van der Waals surface area contributed by atoms with Crippen LogP contribution in [0.3, 0.4) is 0 Å². The summed E-state index contributed by atoms with van der Waals surface area (Å²) in [4.78, 5) is 37.7. The highest BCUT2D eigenvalue weighted by molar-refractivity contribution is 5.93. The maximum atomic E-state index is 12.8. The van der Waals surface area contributed by atoms with Gasteiger partial charge < -0.3 is 19.7 Å². The zero-order valence-corrected chi connectivity index (χ0v) is 18.8. The number of benzene rings is 2. The molecular formula is C23H29N3O6. The van der Waals surface area contributed by atoms with Gasteiger partial charge in [-0.1, -0.05) is 30.3 Å². The Kier molecular flexibility index (Phi) is 8.71. The van der Waals surface area contributed by atoms with Gasteiger partial charge in [0, 0.05) is 31.8 Å². The molecule has 0 heterocycles. The fourth-order valence-electron chi connectivity index (χ4n) is 3.00. The van der Waals surface area contributed by atoms with Gasteiger partial charge in [-0.15, -0.1) is 0 Å². The van der Waals surface area contributed by atoms with E-state index in [0.717, 1.165) is 11.6 Å². The predicted octanol–water partition coefficient (Wildman–Crippen LogP) is 3.64. The number of nitro groups is 1. The van der Waals surface area contributed by atoms with Crippen LogP contribution in [0.5, 0.6) is 0 Å². The molecule has 1 N–H and O–H groups in total. The minimum Gasteiger partial charge on any atom is -0.452 e. The molecule has 2 aromatic rings. The summed E-state index contributed by atoms with van der Waals surface area (Å²) in [5.41, 5.74) is 0.457. The van der Waals surface area contributed by atoms with Gasteiger partial charge in [-0.2, -0.15) is 0 Å². The van der Waals surface area contributed by atoms with E-state index in [1.165, 1.54) is 19.2 Å². The molecule has 2 rings (SSSR count). The highest BCUT2D eigenvalue weighted by Gasteiger charge is 2.28. The third-order valence-electron chi connectivity index (χ3n) is 4.67. The number of anilines is 1. The maximum Gasteiger partial charge on any atom is 0.338 e. The predicted molar refractivity (Wildman–Crippen MR) is 120 cm³/mol. The Hall–Kier alpha value is -3.46. The Morgan fingerprint density at radius 2 is 1.81 bits per heavy atom. The number of nitrogens with one attached hydrogen (secondary N) is 1. The minimum atomic E-state index is -0.807. The average molecular weight is 444 g/mol. The number of carbonyl (C=O) groups excluding carboxylic acids is 2. The molecular weight excluding hydrogens is 414 g/mol. The lowest BCUT2D eigenvalue weighted by molar-refractivity contribution is -0.384. The number of amides is 1. The summed E-state index contributed by atoms with van der Waals surface area (Å²) in [6.07, 6.45) is 0. The van der Waals surface area contributed by atoms with Gasteiger partial charge in [0.2, 0.25) is 0 Å². The Labute approximate surface area is 187 Å². The molecule has 0 aliphatic carbocycles. The summed E-state index contributed by atoms with van der Waals surface area (Å²) in [6.45, 7) is 6.34. The number of rotatable bonds is 10. The third-order valence-corrected chi connectivity index (χ3v) is 4.67. The number of nitrogens with zero attached hydrogens (tertiary/aromatic N) is 2. The van der Waals surface area contributed by atoms with Crippen LogP contribution < -0.4 is 5.32 Å². The zero-order valence-electron chi connectivity index (χ0n) is 18.8. The van der Waals surface area contributed by atoms with Gasteiger partial charge in [0.1, 0.15) is 5.69 Å². The Morgan fingerprint density at radius 3 is 2.41 bits per heavy atom. The summed E-state index contributed by atoms with van der Waals surface area (Å²) in [5, 5.41) is 14.3. The van der Waals surface area contributed by atoms with Crippen LogP contribution in [0.4, 0.5) is 11.4 Å². The number of hydrogen-bond donors (Lipinski definition) is 1. The summed E-state index contributed by atoms with van der Waals surface area (Å²) >= 11 is 0. The summed E-state index contributed by atoms with van der Waals surface area (Å²) < 4.78 is 10.1. The molecule has 0 atom stereocenters. The molecule has 32 heavy (non-hydrogen) atoms. The normalized spacial score (nSPS) is 11.0. The van der Waals surface area contributed by atoms with Crippen molar-refractivity contribution in [2.24, 2.45) is 0 Å². The molecule has 0 aromatic heterocycles. The Bertz CT molecular complexity index is 940. The highest BCUT2D eigenvalue weighted by atomic mass is 16.6. The lowest BCUT2D eigenvalue weighted by atomic mass is 10.0. The van der Waals surface area contributed by atoms with Crippen LogP contribution in [0.2, 0.25) is 0 Å². The van der Waals surface area contributed by atoms with Gasteiger partial charge in [-0.25, -0.2) is 4.79 Å². The lowest BCUT2D eigenvalue weighted by Crippen LogP contribution is -2.46. The van der Waals surface area contributed by atoms with Crippen molar-refractivity contribution in [1.29, 1.82) is 0 Å². The Morgan fingerprint density at radius 1 is 1.12 bits per heavy atom. The monoisotopic (exact) mass is 443 g/mol. The van der Waals surface area contributed by atoms with Crippen molar-refractivity contribution in [2.45, 2.75) is 32.9 Å². The van der Waals surface area contributed by atoms with E-state index >= 15 is 0 Å². The van der Waals surface area contributed by atoms with E-state index in [4.69, 9.17) is 9.47 Å². The first-order valence-electron chi connectivity index (χ1n) is 10.2. The standard InChI is InChI=1S/C23H29N3O6/c1-23(2,3)25(15-17-8-6-5-7-9-17)21(27)16-32-22(28)18-10-11-19(24-12-13-31-4)20(14-18)26(29)30/h5-11,14,24H,12-13,15-16H2,1-4H3. The van der Waals surface area contributed by atoms with E-state index in [1.807, 2.05) is 51.1 Å². The average Bonchev–Trinajstić information content (AvgIpc) is 2.75. The zero-order chi connectivity index (χ0) is 23.7. The number of carbonyl (C=O) groups is 2. The summed E-state index contributed by atoms with van der Waals surface area (Å²) in [7, 11) is 1.52. The first kappa shape index (κ1) is 24.8. The highest BCUT2D eigenvalue weighted by Crippen LogP contribution is 2.26. The van der Waals surface area contributed by atoms with Crippen LogP contribution in [0.15, 0.2) is 48.5 Å². The van der Waals surface area contributed by atoms with E-state index in [9.17, 15) is 19.7 Å². The van der Waals surface area contributed by atoms with E-state index in [1.54, 1.807) is 4.90 Å². The molecule has 1 amide bonds. The van der Waals surface area contributed by atoms with Crippen molar-refractivity contribution in [3.63, 3.8) is 0 Å². The smallest absolute Gasteiger partial charge is 0.338 e. The van der Waals surface area contributed by atoms with Crippen molar-refractivity contribution >= 4 is 23.3 Å². The second-order valence-corrected chi connectivity index (χ2v) is 8.12. The molecule has 2 aromatic carbocycles. The second kappa shape index (κ2) is 11.2. The fraction of sp³-hybridized carbons (Fsp3) is 0.391. The molecule has 9 heteroatoms. The van der Waals surface area contributed by atoms with Gasteiger partial charge in [0.15, 0.2) is 6.61 Å². The summed E-state index contributed by atoms with van der Waals surface area (Å²) in [5.74, 6) is -1.17. The van der Waals surface area contributed by atoms with Crippen LogP contribution in [-0.2, 0) is 20.8 Å². The quantitative estimate of drug-likeness (QED) is 0.258. The minimum absolute atomic E-state index is 0.00726. The molecule has 0 fully saturated rings. The molecule has 0 unspecified atom stereocenters. The van der Waals surface area contributed by atoms with E-state index in [2.05, 4.69) is 5.32 Å². The number of nitro benzene ring substituents is 1. The number of methoxy groups -OCH3 is 1. The van der Waals surface area contributed by atoms with Gasteiger partial charge in [0.05, 0.1) is 17.1 Å². The van der Waals surface area contributed by atoms with Gasteiger partial charge >= 0.3 is 5.97 Å². The molecule has 0 saturated heterocycles. The molecule has 0 saturated carbocycles. The fourth-order valence-corrected chi connectivity index (χ4v) is 3.00. The first-order chi connectivity index (χ1) is 15.1. The number of esters is 1. The van der Waals surface area contributed by atoms with Gasteiger partial charge in [0.25, 0.3) is 11.6 Å². The van der Waals surface area contributed by atoms with Crippen LogP contribution in [0, 0.1) is 10.1 Å². The molecule has 0 spiro atoms. The van der Waals surface area contributed by atoms with Crippen molar-refractivity contribution in [1.82, 2.24) is 4.90 Å². The second-order valence-electron chi connectivity index (χ2n) is 8.12. The van der Waals surface area contributed by atoms with Gasteiger partial charge in [-0.05, 0) is 38.5 Å². The molecule has 0 aliphatic rings. The summed E-state index contributed by atoms with van der Waals surface area (Å²) in [6, 6.07) is 13.5. The lowest BCUT2D eigenvalue weighted by Gasteiger charge is -2.35. The molecule has 0 radical (unpaired) electrons. The van der Waals surface area contributed by atoms with Crippen LogP contribution in [0.1, 0.15) is 36.7 Å². The van der Waals surface area contributed by atoms with E-state index < -0.39 is 23.0 Å². The topological polar surface area (TPSA) is 111 Å². The van der Waals surface area contributed by atoms with Gasteiger partial charge in [-0.3, -0.25) is 14.9 Å². The van der Waals surface area contributed by atoms with Crippen molar-refractivity contribution in [3.8, 4) is 0 Å². The van der Waals surface area contributed by atoms with E-state index in [-0.39, 0.29) is 22.8 Å². The molecule has 172 valence electrons. The maximum absolute atomic E-state index is 12.8. The third kappa shape index (κ3) is 7.05. The first-order valence-corrected chi connectivity index (χ1v) is 10.2. The SMILES string of the molecule is COCCNc1ccc(C(=O)OCC(=O)N(Cc2ccccc2)C(C)(C)C)cc1[N+](=O)[O-]. The molecule has 0 bridgehead atoms. The Balaban J connectivity index is 2.08. The number of hydrogen-bond acceptors (Lipinski definition) is 7. The molecule has 0 aliphatic heterocycles. The van der Waals surface area contributed by atoms with Crippen molar-refractivity contribution < 1.29 is 24.0 Å². The van der Waals surface area contributed by atoms with E-state index in [0.29, 0.717) is 19.7 Å². The van der Waals surface area contributed by atoms with Crippen LogP contribution in [0.25, 0.3) is 0 Å². The molecule has 9 nitrogen and oxygen atoms in total. The largest absolute Gasteiger partial charge is 0.452 e. The van der Waals surface area contributed by atoms with Crippen LogP contribution in [-0.4, -0.2) is 54.1 Å². The van der Waals surface area contributed by atoms with Crippen molar-refractivity contribution in [2.75, 3.05) is 32.2 Å². The van der Waals surface area contributed by atoms with Crippen molar-refractivity contribution in [3.05, 3.63) is 69.8 Å². The van der Waals surface area contributed by atoms with Crippen LogP contribution >= 0.6 is 0 Å².